The fraction of sp³-hybridized carbons (Fsp3) is 0.778. The zero-order valence-corrected chi connectivity index (χ0v) is 12.3. The van der Waals surface area contributed by atoms with Gasteiger partial charge in [0.15, 0.2) is 0 Å². The van der Waals surface area contributed by atoms with Crippen LogP contribution >= 0.6 is 0 Å². The fourth-order valence-corrected chi connectivity index (χ4v) is 0.831. The van der Waals surface area contributed by atoms with Crippen molar-refractivity contribution in [3.63, 3.8) is 0 Å². The maximum Gasteiger partial charge on any atom is 0.305 e. The average Bonchev–Trinajstić information content (AvgIpc) is 2.15. The number of aliphatic hydroxyl groups excluding tert-OH is 2. The molecule has 0 saturated heterocycles. The van der Waals surface area contributed by atoms with Gasteiger partial charge >= 0.3 is 5.97 Å². The van der Waals surface area contributed by atoms with E-state index in [1.807, 2.05) is 0 Å². The first kappa shape index (κ1) is 22.3. The van der Waals surface area contributed by atoms with Gasteiger partial charge in [-0.15, -0.1) is 0 Å². The molecule has 0 bridgehead atoms. The minimum absolute atomic E-state index is 0. The minimum atomic E-state index is -1.35. The molecule has 98 valence electrons. The minimum Gasteiger partial charge on any atom is -0.481 e. The van der Waals surface area contributed by atoms with E-state index in [0.29, 0.717) is 0 Å². The van der Waals surface area contributed by atoms with Crippen LogP contribution in [0, 0.1) is 5.41 Å². The molecule has 0 spiro atoms. The van der Waals surface area contributed by atoms with Gasteiger partial charge in [0.1, 0.15) is 6.10 Å². The topological polar surface area (TPSA) is 138 Å². The van der Waals surface area contributed by atoms with Gasteiger partial charge < -0.3 is 26.1 Å². The van der Waals surface area contributed by atoms with E-state index in [1.165, 1.54) is 13.8 Å². The van der Waals surface area contributed by atoms with Crippen molar-refractivity contribution in [2.75, 3.05) is 13.2 Å². The number of nitrogens with one attached hydrogen (secondary N) is 1. The number of amides is 1. The van der Waals surface area contributed by atoms with Crippen LogP contribution in [0.15, 0.2) is 0 Å². The van der Waals surface area contributed by atoms with Gasteiger partial charge in [-0.05, 0) is 0 Å². The molecular weight excluding hydrogens is 258 g/mol. The number of aliphatic hydroxyl groups is 2. The molecule has 17 heavy (non-hydrogen) atoms. The Kier molecular flexibility index (Phi) is 13.2. The molecule has 0 aliphatic carbocycles. The van der Waals surface area contributed by atoms with Gasteiger partial charge in [-0.2, -0.15) is 0 Å². The van der Waals surface area contributed by atoms with E-state index < -0.39 is 23.4 Å². The van der Waals surface area contributed by atoms with Crippen molar-refractivity contribution in [1.82, 2.24) is 5.32 Å². The van der Waals surface area contributed by atoms with Gasteiger partial charge in [0.2, 0.25) is 5.91 Å². The molecule has 0 rings (SSSR count). The molecule has 2 radical (unpaired) electrons. The summed E-state index contributed by atoms with van der Waals surface area (Å²) in [5.41, 5.74) is -0.937. The van der Waals surface area contributed by atoms with Crippen LogP contribution < -0.4 is 5.32 Å². The van der Waals surface area contributed by atoms with E-state index in [-0.39, 0.29) is 62.8 Å². The summed E-state index contributed by atoms with van der Waals surface area (Å²) in [4.78, 5) is 21.4. The SMILES string of the molecule is CC(C)(CO)C(O)C(=O)NCCC(=O)O.O.[Ca]. The second-order valence-electron chi connectivity index (χ2n) is 3.98. The number of carboxylic acid groups (broad SMARTS) is 1. The summed E-state index contributed by atoms with van der Waals surface area (Å²) >= 11 is 0. The third-order valence-electron chi connectivity index (χ3n) is 2.03. The first-order valence-electron chi connectivity index (χ1n) is 4.59. The summed E-state index contributed by atoms with van der Waals surface area (Å²) < 4.78 is 0. The van der Waals surface area contributed by atoms with E-state index >= 15 is 0 Å². The van der Waals surface area contributed by atoms with Crippen molar-refractivity contribution in [2.24, 2.45) is 5.41 Å². The van der Waals surface area contributed by atoms with Gasteiger partial charge in [-0.1, -0.05) is 13.8 Å². The van der Waals surface area contributed by atoms with Crippen LogP contribution in [0.3, 0.4) is 0 Å². The Morgan fingerprint density at radius 2 is 1.82 bits per heavy atom. The molecular formula is C9H19CaNO6. The molecule has 0 heterocycles. The average molecular weight is 277 g/mol. The predicted octanol–water partition coefficient (Wildman–Crippen LogP) is -2.25. The van der Waals surface area contributed by atoms with E-state index in [9.17, 15) is 14.7 Å². The molecule has 1 atom stereocenters. The van der Waals surface area contributed by atoms with Crippen molar-refractivity contribution < 1.29 is 30.4 Å². The number of carbonyl (C=O) groups excluding carboxylic acids is 1. The molecule has 8 heteroatoms. The van der Waals surface area contributed by atoms with Gasteiger partial charge in [-0.25, -0.2) is 0 Å². The van der Waals surface area contributed by atoms with Crippen molar-refractivity contribution in [3.05, 3.63) is 0 Å². The summed E-state index contributed by atoms with van der Waals surface area (Å²) in [5.74, 6) is -1.69. The number of hydrogen-bond acceptors (Lipinski definition) is 4. The maximum atomic E-state index is 11.3. The number of carbonyl (C=O) groups is 2. The second kappa shape index (κ2) is 10.0. The van der Waals surface area contributed by atoms with E-state index in [4.69, 9.17) is 10.2 Å². The van der Waals surface area contributed by atoms with E-state index in [0.717, 1.165) is 0 Å². The normalized spacial score (nSPS) is 11.8. The number of rotatable bonds is 6. The van der Waals surface area contributed by atoms with Crippen LogP contribution in [0.25, 0.3) is 0 Å². The van der Waals surface area contributed by atoms with Gasteiger partial charge in [0.25, 0.3) is 0 Å². The maximum absolute atomic E-state index is 11.3. The van der Waals surface area contributed by atoms with Crippen molar-refractivity contribution in [2.45, 2.75) is 26.4 Å². The van der Waals surface area contributed by atoms with Gasteiger partial charge in [0.05, 0.1) is 13.0 Å². The smallest absolute Gasteiger partial charge is 0.305 e. The predicted molar refractivity (Wildman–Crippen MR) is 61.5 cm³/mol. The van der Waals surface area contributed by atoms with E-state index in [1.54, 1.807) is 0 Å². The zero-order valence-electron chi connectivity index (χ0n) is 10.1. The summed E-state index contributed by atoms with van der Waals surface area (Å²) in [6.45, 7) is 2.70. The zero-order chi connectivity index (χ0) is 12.1. The summed E-state index contributed by atoms with van der Waals surface area (Å²) in [5, 5.41) is 29.0. The largest absolute Gasteiger partial charge is 0.481 e. The standard InChI is InChI=1S/C9H17NO5.Ca.H2O/c1-9(2,5-11)7(14)8(15)10-4-3-6(12)13;;/h7,11,14H,3-5H2,1-2H3,(H,10,15)(H,12,13);;1H2. The van der Waals surface area contributed by atoms with Crippen LogP contribution in [-0.2, 0) is 9.59 Å². The Morgan fingerprint density at radius 1 is 1.35 bits per heavy atom. The number of carboxylic acids is 1. The summed E-state index contributed by atoms with van der Waals surface area (Å²) in [6.07, 6.45) is -1.55. The number of hydrogen-bond donors (Lipinski definition) is 4. The third kappa shape index (κ3) is 8.76. The van der Waals surface area contributed by atoms with Gasteiger partial charge in [-0.3, -0.25) is 9.59 Å². The molecule has 7 nitrogen and oxygen atoms in total. The van der Waals surface area contributed by atoms with Gasteiger partial charge in [0, 0.05) is 49.7 Å². The summed E-state index contributed by atoms with van der Waals surface area (Å²) in [7, 11) is 0. The molecule has 0 saturated carbocycles. The summed E-state index contributed by atoms with van der Waals surface area (Å²) in [6, 6.07) is 0. The molecule has 0 aromatic rings. The molecule has 0 aliphatic rings. The molecule has 6 N–H and O–H groups in total. The molecule has 0 aliphatic heterocycles. The molecule has 0 aromatic carbocycles. The quantitative estimate of drug-likeness (QED) is 0.406. The number of aliphatic carboxylic acids is 1. The van der Waals surface area contributed by atoms with E-state index in [2.05, 4.69) is 5.32 Å². The molecule has 1 amide bonds. The van der Waals surface area contributed by atoms with Crippen LogP contribution in [0.4, 0.5) is 0 Å². The molecule has 1 unspecified atom stereocenters. The van der Waals surface area contributed by atoms with Crippen LogP contribution in [-0.4, -0.2) is 89.7 Å². The monoisotopic (exact) mass is 277 g/mol. The Hall–Kier alpha value is 0.0797. The molecule has 0 aromatic heterocycles. The fourth-order valence-electron chi connectivity index (χ4n) is 0.831. The Bertz CT molecular complexity index is 246. The van der Waals surface area contributed by atoms with Crippen LogP contribution in [0.2, 0.25) is 0 Å². The Labute approximate surface area is 130 Å². The second-order valence-corrected chi connectivity index (χ2v) is 3.98. The third-order valence-corrected chi connectivity index (χ3v) is 2.03. The first-order chi connectivity index (χ1) is 6.81. The van der Waals surface area contributed by atoms with Crippen molar-refractivity contribution in [1.29, 1.82) is 0 Å². The first-order valence-corrected chi connectivity index (χ1v) is 4.59. The van der Waals surface area contributed by atoms with Crippen LogP contribution in [0.5, 0.6) is 0 Å². The molecule has 0 fully saturated rings. The Morgan fingerprint density at radius 3 is 2.18 bits per heavy atom. The Balaban J connectivity index is -0.000000980. The van der Waals surface area contributed by atoms with Crippen molar-refractivity contribution >= 4 is 49.6 Å². The van der Waals surface area contributed by atoms with Crippen LogP contribution in [0.1, 0.15) is 20.3 Å². The van der Waals surface area contributed by atoms with Crippen molar-refractivity contribution in [3.8, 4) is 0 Å².